The van der Waals surface area contributed by atoms with Crippen LogP contribution in [-0.4, -0.2) is 66.7 Å². The highest BCUT2D eigenvalue weighted by Crippen LogP contribution is 2.65. The van der Waals surface area contributed by atoms with Crippen LogP contribution in [-0.2, 0) is 47.0 Å². The van der Waals surface area contributed by atoms with Crippen molar-refractivity contribution in [2.45, 2.75) is 102 Å². The number of nitrogens with zero attached hydrogens (tertiary/aromatic N) is 2. The van der Waals surface area contributed by atoms with Crippen molar-refractivity contribution < 1.29 is 41.7 Å². The van der Waals surface area contributed by atoms with E-state index in [9.17, 15) is 32.3 Å². The van der Waals surface area contributed by atoms with E-state index in [1.807, 2.05) is 0 Å². The lowest BCUT2D eigenvalue weighted by molar-refractivity contribution is -0.199. The summed E-state index contributed by atoms with van der Waals surface area (Å²) in [6.45, 7) is 11.4. The third-order valence-corrected chi connectivity index (χ3v) is 12.4. The number of hydrogen-bond acceptors (Lipinski definition) is 8. The molecular formula is C38H48BF3N6O6. The van der Waals surface area contributed by atoms with Gasteiger partial charge in [-0.3, -0.25) is 19.2 Å². The van der Waals surface area contributed by atoms with E-state index in [2.05, 4.69) is 47.0 Å². The molecule has 2 aliphatic heterocycles. The first kappa shape index (κ1) is 39.4. The SMILES string of the molecule is CC(C)[C@@](NC(=O)Cc1cccc(C2(C(F)(F)F)N=N2)c1)(C(N)=O)[C@H](Cc1ccccc1)C(=O)N[C@@H](C)C(=O)NCB1O[C@@H]2C[C@@H]3C[C@@H](C3(C)C)[C@]2(C)O1. The molecule has 0 radical (unpaired) electrons. The Kier molecular flexibility index (Phi) is 10.3. The summed E-state index contributed by atoms with van der Waals surface area (Å²) < 4.78 is 53.7. The molecule has 4 fully saturated rings. The number of carbonyl (C=O) groups excluding carboxylic acids is 4. The van der Waals surface area contributed by atoms with Crippen LogP contribution in [0.2, 0.25) is 0 Å². The van der Waals surface area contributed by atoms with Crippen LogP contribution < -0.4 is 21.7 Å². The Balaban J connectivity index is 1.17. The maximum Gasteiger partial charge on any atom is 0.478 e. The van der Waals surface area contributed by atoms with Gasteiger partial charge in [-0.25, -0.2) is 0 Å². The molecule has 0 spiro atoms. The monoisotopic (exact) mass is 752 g/mol. The van der Waals surface area contributed by atoms with Crippen LogP contribution in [0.5, 0.6) is 0 Å². The van der Waals surface area contributed by atoms with E-state index >= 15 is 0 Å². The van der Waals surface area contributed by atoms with E-state index in [1.54, 1.807) is 44.2 Å². The standard InChI is InChI=1S/C38H48BF3N6O6/c1-21(2)36(33(43)52,46-30(49)17-24-13-10-14-25(15-24)37(47-48-37)38(40,41)42)27(16-23-11-8-7-9-12-23)32(51)45-22(3)31(50)44-20-39-53-29-19-26-18-28(34(26,4)5)35(29,6)54-39/h7-15,21-22,26-29H,16-20H2,1-6H3,(H2,43,52)(H,44,50)(H,45,51)(H,46,49)/t22-,26-,27+,28-,29+,35-,36-/m0/s1. The average molecular weight is 753 g/mol. The van der Waals surface area contributed by atoms with E-state index in [4.69, 9.17) is 15.0 Å². The zero-order chi connectivity index (χ0) is 39.4. The zero-order valence-corrected chi connectivity index (χ0v) is 31.3. The highest BCUT2D eigenvalue weighted by Gasteiger charge is 2.68. The van der Waals surface area contributed by atoms with Crippen molar-refractivity contribution >= 4 is 30.7 Å². The molecule has 0 unspecified atom stereocenters. The molecule has 290 valence electrons. The molecule has 3 aliphatic carbocycles. The summed E-state index contributed by atoms with van der Waals surface area (Å²) in [6.07, 6.45) is -3.26. The molecule has 1 saturated heterocycles. The molecule has 3 saturated carbocycles. The minimum absolute atomic E-state index is 0.0444. The lowest BCUT2D eigenvalue weighted by Gasteiger charge is -2.64. The van der Waals surface area contributed by atoms with E-state index in [0.717, 1.165) is 12.8 Å². The highest BCUT2D eigenvalue weighted by molar-refractivity contribution is 6.46. The molecule has 54 heavy (non-hydrogen) atoms. The van der Waals surface area contributed by atoms with Crippen molar-refractivity contribution in [1.29, 1.82) is 0 Å². The van der Waals surface area contributed by atoms with Crippen LogP contribution in [0.25, 0.3) is 0 Å². The van der Waals surface area contributed by atoms with Gasteiger partial charge < -0.3 is 31.0 Å². The van der Waals surface area contributed by atoms with Crippen molar-refractivity contribution in [2.24, 2.45) is 45.0 Å². The number of nitrogens with one attached hydrogen (secondary N) is 3. The van der Waals surface area contributed by atoms with Gasteiger partial charge in [0, 0.05) is 5.56 Å². The lowest BCUT2D eigenvalue weighted by atomic mass is 9.43. The summed E-state index contributed by atoms with van der Waals surface area (Å²) >= 11 is 0. The molecule has 7 rings (SSSR count). The number of amides is 4. The summed E-state index contributed by atoms with van der Waals surface area (Å²) in [5, 5.41) is 14.7. The Hall–Kier alpha value is -4.31. The largest absolute Gasteiger partial charge is 0.478 e. The predicted molar refractivity (Wildman–Crippen MR) is 192 cm³/mol. The van der Waals surface area contributed by atoms with Gasteiger partial charge in [0.15, 0.2) is 0 Å². The normalized spacial score (nSPS) is 26.8. The van der Waals surface area contributed by atoms with E-state index < -0.39 is 78.0 Å². The van der Waals surface area contributed by atoms with E-state index in [0.29, 0.717) is 17.4 Å². The lowest BCUT2D eigenvalue weighted by Crippen LogP contribution is -2.69. The molecule has 7 atom stereocenters. The van der Waals surface area contributed by atoms with Gasteiger partial charge in [-0.05, 0) is 67.4 Å². The maximum atomic E-state index is 14.3. The fourth-order valence-electron chi connectivity index (χ4n) is 9.02. The quantitative estimate of drug-likeness (QED) is 0.211. The van der Waals surface area contributed by atoms with Gasteiger partial charge in [0.2, 0.25) is 23.6 Å². The molecule has 2 aromatic rings. The molecule has 2 heterocycles. The van der Waals surface area contributed by atoms with Crippen LogP contribution in [0.3, 0.4) is 0 Å². The second-order valence-electron chi connectivity index (χ2n) is 16.3. The summed E-state index contributed by atoms with van der Waals surface area (Å²) in [5.41, 5.74) is 1.70. The Labute approximate surface area is 313 Å². The molecule has 2 bridgehead atoms. The van der Waals surface area contributed by atoms with Crippen molar-refractivity contribution in [3.63, 3.8) is 0 Å². The molecule has 5 N–H and O–H groups in total. The van der Waals surface area contributed by atoms with Gasteiger partial charge in [0.25, 0.3) is 0 Å². The smallest absolute Gasteiger partial charge is 0.404 e. The minimum atomic E-state index is -4.76. The summed E-state index contributed by atoms with van der Waals surface area (Å²) in [6, 6.07) is 13.0. The van der Waals surface area contributed by atoms with E-state index in [-0.39, 0.29) is 35.5 Å². The Bertz CT molecular complexity index is 1820. The van der Waals surface area contributed by atoms with Crippen LogP contribution in [0, 0.1) is 29.1 Å². The average Bonchev–Trinajstić information content (AvgIpc) is 3.85. The van der Waals surface area contributed by atoms with Crippen LogP contribution >= 0.6 is 0 Å². The van der Waals surface area contributed by atoms with Gasteiger partial charge in [0.05, 0.1) is 30.5 Å². The molecule has 0 aromatic heterocycles. The molecule has 12 nitrogen and oxygen atoms in total. The fourth-order valence-corrected chi connectivity index (χ4v) is 9.02. The van der Waals surface area contributed by atoms with E-state index in [1.165, 1.54) is 31.2 Å². The van der Waals surface area contributed by atoms with Crippen LogP contribution in [0.4, 0.5) is 13.2 Å². The summed E-state index contributed by atoms with van der Waals surface area (Å²) in [7, 11) is -0.653. The first-order valence-corrected chi connectivity index (χ1v) is 18.4. The predicted octanol–water partition coefficient (Wildman–Crippen LogP) is 4.15. The molecule has 2 aromatic carbocycles. The third-order valence-electron chi connectivity index (χ3n) is 12.4. The highest BCUT2D eigenvalue weighted by atomic mass is 19.4. The number of carbonyl (C=O) groups is 4. The Morgan fingerprint density at radius 2 is 1.63 bits per heavy atom. The molecule has 16 heteroatoms. The topological polar surface area (TPSA) is 174 Å². The van der Waals surface area contributed by atoms with Gasteiger partial charge in [-0.1, -0.05) is 82.3 Å². The molecule has 5 aliphatic rings. The van der Waals surface area contributed by atoms with Crippen molar-refractivity contribution in [3.05, 3.63) is 71.3 Å². The van der Waals surface area contributed by atoms with Gasteiger partial charge in [-0.15, -0.1) is 10.2 Å². The van der Waals surface area contributed by atoms with Crippen molar-refractivity contribution in [1.82, 2.24) is 16.0 Å². The van der Waals surface area contributed by atoms with Crippen molar-refractivity contribution in [2.75, 3.05) is 6.44 Å². The number of hydrogen-bond donors (Lipinski definition) is 4. The Morgan fingerprint density at radius 3 is 2.22 bits per heavy atom. The maximum absolute atomic E-state index is 14.3. The Morgan fingerprint density at radius 1 is 0.963 bits per heavy atom. The number of halogens is 3. The van der Waals surface area contributed by atoms with Crippen LogP contribution in [0.15, 0.2) is 64.8 Å². The second-order valence-corrected chi connectivity index (χ2v) is 16.3. The summed E-state index contributed by atoms with van der Waals surface area (Å²) in [5.74, 6) is -4.11. The molecule has 4 amide bonds. The first-order valence-electron chi connectivity index (χ1n) is 18.4. The van der Waals surface area contributed by atoms with Crippen LogP contribution in [0.1, 0.15) is 71.1 Å². The minimum Gasteiger partial charge on any atom is -0.404 e. The van der Waals surface area contributed by atoms with Gasteiger partial charge >= 0.3 is 19.0 Å². The first-order chi connectivity index (χ1) is 25.2. The third kappa shape index (κ3) is 6.91. The van der Waals surface area contributed by atoms with Crippen molar-refractivity contribution in [3.8, 4) is 0 Å². The number of primary amides is 1. The fraction of sp³-hybridized carbons (Fsp3) is 0.579. The van der Waals surface area contributed by atoms with Gasteiger partial charge in [0.1, 0.15) is 11.6 Å². The number of benzene rings is 2. The second kappa shape index (κ2) is 14.1. The summed E-state index contributed by atoms with van der Waals surface area (Å²) in [4.78, 5) is 54.9. The van der Waals surface area contributed by atoms with Gasteiger partial charge in [-0.2, -0.15) is 13.2 Å². The molecular weight excluding hydrogens is 704 g/mol. The number of alkyl halides is 3. The number of nitrogens with two attached hydrogens (primary N) is 1. The zero-order valence-electron chi connectivity index (χ0n) is 31.3. The number of rotatable bonds is 14.